The Bertz CT molecular complexity index is 93.7. The van der Waals surface area contributed by atoms with Gasteiger partial charge in [-0.05, 0) is 6.92 Å². The fourth-order valence-electron chi connectivity index (χ4n) is 0.378. The van der Waals surface area contributed by atoms with Gasteiger partial charge in [0.15, 0.2) is 5.85 Å². The van der Waals surface area contributed by atoms with Gasteiger partial charge in [-0.3, -0.25) is 11.5 Å². The number of hydrogen-bond acceptors (Lipinski definition) is 4. The predicted octanol–water partition coefficient (Wildman–Crippen LogP) is -0.635. The highest BCUT2D eigenvalue weighted by Gasteiger charge is 2.16. The Labute approximate surface area is 61.2 Å². The Balaban J connectivity index is 3.46. The van der Waals surface area contributed by atoms with Gasteiger partial charge in [0.1, 0.15) is 0 Å². The zero-order valence-corrected chi connectivity index (χ0v) is 6.50. The van der Waals surface area contributed by atoms with E-state index < -0.39 is 12.0 Å². The van der Waals surface area contributed by atoms with Crippen LogP contribution in [0, 0.1) is 0 Å². The lowest BCUT2D eigenvalue weighted by atomic mass is 10.3. The van der Waals surface area contributed by atoms with Gasteiger partial charge in [-0.25, -0.2) is 0 Å². The molecule has 4 heteroatoms. The molecule has 0 aromatic heterocycles. The molecule has 1 unspecified atom stereocenters. The summed E-state index contributed by atoms with van der Waals surface area (Å²) in [4.78, 5) is 0. The molecule has 0 aliphatic rings. The Hall–Kier alpha value is -0.160. The zero-order chi connectivity index (χ0) is 8.20. The first-order valence-corrected chi connectivity index (χ1v) is 3.37. The Morgan fingerprint density at radius 1 is 1.60 bits per heavy atom. The van der Waals surface area contributed by atoms with Gasteiger partial charge in [0.05, 0.1) is 12.7 Å². The van der Waals surface area contributed by atoms with E-state index in [1.807, 2.05) is 6.92 Å². The molecule has 0 saturated carbocycles. The fraction of sp³-hybridized carbons (Fsp3) is 1.00. The fourth-order valence-corrected chi connectivity index (χ4v) is 0.378. The number of aliphatic hydroxyl groups excluding tert-OH is 1. The summed E-state index contributed by atoms with van der Waals surface area (Å²) >= 11 is 0. The molecule has 5 N–H and O–H groups in total. The van der Waals surface area contributed by atoms with Crippen LogP contribution < -0.4 is 11.5 Å². The van der Waals surface area contributed by atoms with Crippen molar-refractivity contribution in [2.24, 2.45) is 11.5 Å². The third-order valence-electron chi connectivity index (χ3n) is 1.15. The van der Waals surface area contributed by atoms with Gasteiger partial charge in [-0.15, -0.1) is 0 Å². The Morgan fingerprint density at radius 3 is 2.40 bits per heavy atom. The second-order valence-electron chi connectivity index (χ2n) is 2.47. The third kappa shape index (κ3) is 4.69. The molecule has 0 radical (unpaired) electrons. The molecule has 0 saturated heterocycles. The van der Waals surface area contributed by atoms with Crippen LogP contribution in [0.1, 0.15) is 20.3 Å². The molecular weight excluding hydrogens is 132 g/mol. The van der Waals surface area contributed by atoms with E-state index in [2.05, 4.69) is 0 Å². The third-order valence-corrected chi connectivity index (χ3v) is 1.15. The summed E-state index contributed by atoms with van der Waals surface area (Å²) in [6.45, 7) is 3.62. The maximum atomic E-state index is 8.78. The largest absolute Gasteiger partial charge is 0.391 e. The standard InChI is InChI=1S/C6H16N2O2/c1-3-6(7,8)10-4-5(2)9/h5,9H,3-4,7-8H2,1-2H3. The number of rotatable bonds is 4. The van der Waals surface area contributed by atoms with Crippen LogP contribution >= 0.6 is 0 Å². The predicted molar refractivity (Wildman–Crippen MR) is 39.0 cm³/mol. The van der Waals surface area contributed by atoms with Crippen LogP contribution in [0.5, 0.6) is 0 Å². The summed E-state index contributed by atoms with van der Waals surface area (Å²) < 4.78 is 4.95. The van der Waals surface area contributed by atoms with E-state index in [0.717, 1.165) is 0 Å². The lowest BCUT2D eigenvalue weighted by molar-refractivity contribution is -0.0716. The lowest BCUT2D eigenvalue weighted by Crippen LogP contribution is -2.52. The van der Waals surface area contributed by atoms with Gasteiger partial charge in [0.25, 0.3) is 0 Å². The molecule has 0 aliphatic carbocycles. The van der Waals surface area contributed by atoms with Crippen LogP contribution in [-0.4, -0.2) is 23.7 Å². The second-order valence-corrected chi connectivity index (χ2v) is 2.47. The van der Waals surface area contributed by atoms with E-state index in [1.54, 1.807) is 6.92 Å². The quantitative estimate of drug-likeness (QED) is 0.463. The minimum absolute atomic E-state index is 0.181. The molecule has 0 spiro atoms. The number of hydrogen-bond donors (Lipinski definition) is 3. The van der Waals surface area contributed by atoms with Crippen molar-refractivity contribution < 1.29 is 9.84 Å². The average Bonchev–Trinajstić information content (AvgIpc) is 1.85. The molecule has 0 aromatic rings. The molecule has 0 heterocycles. The summed E-state index contributed by atoms with van der Waals surface area (Å²) in [6.07, 6.45) is 0.0118. The minimum Gasteiger partial charge on any atom is -0.391 e. The molecule has 1 atom stereocenters. The van der Waals surface area contributed by atoms with Crippen LogP contribution in [0.2, 0.25) is 0 Å². The Morgan fingerprint density at radius 2 is 2.10 bits per heavy atom. The molecule has 0 aromatic carbocycles. The molecule has 10 heavy (non-hydrogen) atoms. The van der Waals surface area contributed by atoms with Gasteiger partial charge >= 0.3 is 0 Å². The average molecular weight is 148 g/mol. The van der Waals surface area contributed by atoms with Crippen molar-refractivity contribution in [1.29, 1.82) is 0 Å². The van der Waals surface area contributed by atoms with Gasteiger partial charge < -0.3 is 9.84 Å². The number of ether oxygens (including phenoxy) is 1. The first kappa shape index (κ1) is 9.84. The van der Waals surface area contributed by atoms with Crippen LogP contribution in [-0.2, 0) is 4.74 Å². The summed E-state index contributed by atoms with van der Waals surface area (Å²) in [7, 11) is 0. The van der Waals surface area contributed by atoms with E-state index in [-0.39, 0.29) is 6.61 Å². The highest BCUT2D eigenvalue weighted by atomic mass is 16.5. The van der Waals surface area contributed by atoms with Crippen molar-refractivity contribution in [2.45, 2.75) is 32.2 Å². The molecule has 0 aliphatic heterocycles. The number of nitrogens with two attached hydrogens (primary N) is 2. The van der Waals surface area contributed by atoms with E-state index in [9.17, 15) is 0 Å². The maximum Gasteiger partial charge on any atom is 0.169 e. The van der Waals surface area contributed by atoms with Crippen LogP contribution in [0.4, 0.5) is 0 Å². The lowest BCUT2D eigenvalue weighted by Gasteiger charge is -2.23. The summed E-state index contributed by atoms with van der Waals surface area (Å²) in [5.41, 5.74) is 10.8. The summed E-state index contributed by atoms with van der Waals surface area (Å²) in [5.74, 6) is -1.09. The van der Waals surface area contributed by atoms with E-state index in [0.29, 0.717) is 6.42 Å². The van der Waals surface area contributed by atoms with Gasteiger partial charge in [-0.2, -0.15) is 0 Å². The molecule has 0 rings (SSSR count). The monoisotopic (exact) mass is 148 g/mol. The van der Waals surface area contributed by atoms with Gasteiger partial charge in [0.2, 0.25) is 0 Å². The molecule has 4 nitrogen and oxygen atoms in total. The van der Waals surface area contributed by atoms with Crippen LogP contribution in [0.15, 0.2) is 0 Å². The van der Waals surface area contributed by atoms with Crippen LogP contribution in [0.3, 0.4) is 0 Å². The normalized spacial score (nSPS) is 15.3. The first-order valence-electron chi connectivity index (χ1n) is 3.37. The number of aliphatic hydroxyl groups is 1. The second kappa shape index (κ2) is 3.88. The van der Waals surface area contributed by atoms with E-state index >= 15 is 0 Å². The topological polar surface area (TPSA) is 81.5 Å². The van der Waals surface area contributed by atoms with E-state index in [1.165, 1.54) is 0 Å². The van der Waals surface area contributed by atoms with Crippen molar-refractivity contribution in [1.82, 2.24) is 0 Å². The maximum absolute atomic E-state index is 8.78. The van der Waals surface area contributed by atoms with E-state index in [4.69, 9.17) is 21.3 Å². The SMILES string of the molecule is CCC(N)(N)OCC(C)O. The minimum atomic E-state index is -1.09. The van der Waals surface area contributed by atoms with Crippen molar-refractivity contribution in [3.8, 4) is 0 Å². The van der Waals surface area contributed by atoms with Gasteiger partial charge in [0, 0.05) is 6.42 Å². The zero-order valence-electron chi connectivity index (χ0n) is 6.50. The molecular formula is C6H16N2O2. The Kier molecular flexibility index (Phi) is 3.81. The molecule has 0 bridgehead atoms. The smallest absolute Gasteiger partial charge is 0.169 e. The van der Waals surface area contributed by atoms with Gasteiger partial charge in [-0.1, -0.05) is 6.92 Å². The summed E-state index contributed by atoms with van der Waals surface area (Å²) in [5, 5.41) is 8.78. The highest BCUT2D eigenvalue weighted by Crippen LogP contribution is 1.99. The van der Waals surface area contributed by atoms with Crippen LogP contribution in [0.25, 0.3) is 0 Å². The summed E-state index contributed by atoms with van der Waals surface area (Å²) in [6, 6.07) is 0. The molecule has 0 amide bonds. The van der Waals surface area contributed by atoms with Crippen molar-refractivity contribution >= 4 is 0 Å². The highest BCUT2D eigenvalue weighted by molar-refractivity contribution is 4.61. The molecule has 0 fully saturated rings. The molecule has 62 valence electrons. The van der Waals surface area contributed by atoms with Crippen molar-refractivity contribution in [2.75, 3.05) is 6.61 Å². The van der Waals surface area contributed by atoms with Crippen molar-refractivity contribution in [3.05, 3.63) is 0 Å². The van der Waals surface area contributed by atoms with Crippen molar-refractivity contribution in [3.63, 3.8) is 0 Å². The first-order chi connectivity index (χ1) is 4.48.